The van der Waals surface area contributed by atoms with Gasteiger partial charge in [-0.15, -0.1) is 0 Å². The van der Waals surface area contributed by atoms with E-state index in [2.05, 4.69) is 9.72 Å². The zero-order valence-corrected chi connectivity index (χ0v) is 8.18. The van der Waals surface area contributed by atoms with Crippen molar-refractivity contribution >= 4 is 5.82 Å². The fourth-order valence-electron chi connectivity index (χ4n) is 1.25. The van der Waals surface area contributed by atoms with Crippen molar-refractivity contribution in [3.05, 3.63) is 27.4 Å². The number of nitrogens with zero attached hydrogens (tertiary/aromatic N) is 2. The van der Waals surface area contributed by atoms with Crippen molar-refractivity contribution < 1.29 is 23.5 Å². The lowest BCUT2D eigenvalue weighted by Gasteiger charge is -2.09. The molecule has 16 heavy (non-hydrogen) atoms. The van der Waals surface area contributed by atoms with E-state index in [1.807, 2.05) is 0 Å². The Balaban J connectivity index is 3.50. The maximum Gasteiger partial charge on any atom is 0.373 e. The molecule has 0 fully saturated rings. The number of pyridine rings is 1. The Bertz CT molecular complexity index is 411. The van der Waals surface area contributed by atoms with Gasteiger partial charge in [0, 0.05) is 5.56 Å². The van der Waals surface area contributed by atoms with Crippen molar-refractivity contribution in [3.8, 4) is 5.75 Å². The van der Waals surface area contributed by atoms with Gasteiger partial charge in [0.2, 0.25) is 0 Å². The van der Waals surface area contributed by atoms with Crippen molar-refractivity contribution in [2.75, 3.05) is 7.11 Å². The van der Waals surface area contributed by atoms with E-state index in [0.29, 0.717) is 0 Å². The quantitative estimate of drug-likeness (QED) is 0.629. The second-order valence-corrected chi connectivity index (χ2v) is 2.76. The summed E-state index contributed by atoms with van der Waals surface area (Å²) in [6.07, 6.45) is -2.18. The summed E-state index contributed by atoms with van der Waals surface area (Å²) in [5, 5.41) is 19.4. The molecule has 1 aromatic rings. The molecule has 6 nitrogen and oxygen atoms in total. The van der Waals surface area contributed by atoms with Crippen LogP contribution < -0.4 is 4.74 Å². The van der Waals surface area contributed by atoms with Crippen LogP contribution in [0, 0.1) is 10.1 Å². The molecule has 0 aliphatic rings. The first kappa shape index (κ1) is 12.2. The first-order valence-electron chi connectivity index (χ1n) is 4.12. The number of methoxy groups -OCH3 is 1. The smallest absolute Gasteiger partial charge is 0.373 e. The van der Waals surface area contributed by atoms with E-state index in [1.54, 1.807) is 0 Å². The molecular weight excluding hydrogens is 226 g/mol. The van der Waals surface area contributed by atoms with E-state index in [-0.39, 0.29) is 11.3 Å². The van der Waals surface area contributed by atoms with Crippen molar-refractivity contribution in [2.24, 2.45) is 0 Å². The molecule has 0 aliphatic heterocycles. The van der Waals surface area contributed by atoms with Crippen LogP contribution in [0.4, 0.5) is 14.6 Å². The van der Waals surface area contributed by atoms with Crippen LogP contribution in [0.3, 0.4) is 0 Å². The molecule has 0 bridgehead atoms. The SMILES string of the molecule is COc1cnc([N+](=O)[O-])c(C(F)F)c1CO. The Morgan fingerprint density at radius 2 is 2.31 bits per heavy atom. The van der Waals surface area contributed by atoms with Crippen LogP contribution in [0.15, 0.2) is 6.20 Å². The Morgan fingerprint density at radius 1 is 1.69 bits per heavy atom. The lowest BCUT2D eigenvalue weighted by Crippen LogP contribution is -2.06. The van der Waals surface area contributed by atoms with Crippen LogP contribution in [-0.4, -0.2) is 22.1 Å². The predicted molar refractivity (Wildman–Crippen MR) is 48.3 cm³/mol. The lowest BCUT2D eigenvalue weighted by molar-refractivity contribution is -0.391. The zero-order chi connectivity index (χ0) is 12.3. The summed E-state index contributed by atoms with van der Waals surface area (Å²) in [7, 11) is 1.19. The molecule has 0 spiro atoms. The average molecular weight is 234 g/mol. The van der Waals surface area contributed by atoms with Crippen LogP contribution in [0.2, 0.25) is 0 Å². The predicted octanol–water partition coefficient (Wildman–Crippen LogP) is 1.43. The third-order valence-corrected chi connectivity index (χ3v) is 1.94. The summed E-state index contributed by atoms with van der Waals surface area (Å²) in [4.78, 5) is 12.7. The number of aromatic nitrogens is 1. The van der Waals surface area contributed by atoms with Gasteiger partial charge in [-0.2, -0.15) is 0 Å². The number of aliphatic hydroxyl groups is 1. The van der Waals surface area contributed by atoms with Crippen molar-refractivity contribution in [2.45, 2.75) is 13.0 Å². The molecule has 0 unspecified atom stereocenters. The number of alkyl halides is 2. The molecule has 0 radical (unpaired) electrons. The van der Waals surface area contributed by atoms with Crippen LogP contribution in [0.1, 0.15) is 17.6 Å². The Kier molecular flexibility index (Phi) is 3.67. The molecule has 88 valence electrons. The minimum Gasteiger partial charge on any atom is -0.492 e. The number of hydrogen-bond donors (Lipinski definition) is 1. The highest BCUT2D eigenvalue weighted by atomic mass is 19.3. The molecule has 0 atom stereocenters. The molecular formula is C8H8F2N2O4. The highest BCUT2D eigenvalue weighted by Crippen LogP contribution is 2.35. The molecule has 0 saturated carbocycles. The Hall–Kier alpha value is -1.83. The first-order chi connectivity index (χ1) is 7.52. The molecule has 0 aliphatic carbocycles. The maximum absolute atomic E-state index is 12.6. The van der Waals surface area contributed by atoms with Gasteiger partial charge in [0.1, 0.15) is 5.56 Å². The number of ether oxygens (including phenoxy) is 1. The second kappa shape index (κ2) is 4.79. The summed E-state index contributed by atoms with van der Waals surface area (Å²) in [5.74, 6) is -1.08. The van der Waals surface area contributed by atoms with Crippen LogP contribution in [-0.2, 0) is 6.61 Å². The van der Waals surface area contributed by atoms with Gasteiger partial charge in [-0.1, -0.05) is 0 Å². The number of hydrogen-bond acceptors (Lipinski definition) is 5. The zero-order valence-electron chi connectivity index (χ0n) is 8.18. The fraction of sp³-hybridized carbons (Fsp3) is 0.375. The summed E-state index contributed by atoms with van der Waals surface area (Å²) >= 11 is 0. The fourth-order valence-corrected chi connectivity index (χ4v) is 1.25. The number of nitro groups is 1. The van der Waals surface area contributed by atoms with Gasteiger partial charge in [0.15, 0.2) is 11.9 Å². The maximum atomic E-state index is 12.6. The summed E-state index contributed by atoms with van der Waals surface area (Å²) in [5.41, 5.74) is -1.23. The molecule has 0 amide bonds. The highest BCUT2D eigenvalue weighted by molar-refractivity contribution is 5.47. The minimum absolute atomic E-state index is 0.108. The Morgan fingerprint density at radius 3 is 2.69 bits per heavy atom. The normalized spacial score (nSPS) is 10.6. The topological polar surface area (TPSA) is 85.5 Å². The van der Waals surface area contributed by atoms with Gasteiger partial charge in [-0.3, -0.25) is 0 Å². The van der Waals surface area contributed by atoms with E-state index in [0.717, 1.165) is 6.20 Å². The average Bonchev–Trinajstić information content (AvgIpc) is 2.26. The van der Waals surface area contributed by atoms with Crippen molar-refractivity contribution in [3.63, 3.8) is 0 Å². The first-order valence-corrected chi connectivity index (χ1v) is 4.12. The van der Waals surface area contributed by atoms with Crippen LogP contribution in [0.25, 0.3) is 0 Å². The van der Waals surface area contributed by atoms with E-state index in [4.69, 9.17) is 5.11 Å². The molecule has 8 heteroatoms. The van der Waals surface area contributed by atoms with Gasteiger partial charge in [0.25, 0.3) is 6.43 Å². The van der Waals surface area contributed by atoms with Gasteiger partial charge >= 0.3 is 5.82 Å². The third-order valence-electron chi connectivity index (χ3n) is 1.94. The van der Waals surface area contributed by atoms with Gasteiger partial charge in [-0.05, 0) is 9.91 Å². The molecule has 1 N–H and O–H groups in total. The molecule has 0 saturated heterocycles. The monoisotopic (exact) mass is 234 g/mol. The molecule has 1 heterocycles. The molecule has 1 rings (SSSR count). The van der Waals surface area contributed by atoms with Crippen molar-refractivity contribution in [1.82, 2.24) is 4.98 Å². The standard InChI is InChI=1S/C8H8F2N2O4/c1-16-5-2-11-8(12(14)15)6(7(9)10)4(5)3-13/h2,7,13H,3H2,1H3. The van der Waals surface area contributed by atoms with Crippen molar-refractivity contribution in [1.29, 1.82) is 0 Å². The molecule has 1 aromatic heterocycles. The number of halogens is 2. The largest absolute Gasteiger partial charge is 0.492 e. The van der Waals surface area contributed by atoms with E-state index in [9.17, 15) is 18.9 Å². The second-order valence-electron chi connectivity index (χ2n) is 2.76. The third kappa shape index (κ3) is 2.06. The van der Waals surface area contributed by atoms with E-state index < -0.39 is 29.3 Å². The minimum atomic E-state index is -3.11. The summed E-state index contributed by atoms with van der Waals surface area (Å²) in [6, 6.07) is 0. The van der Waals surface area contributed by atoms with E-state index >= 15 is 0 Å². The van der Waals surface area contributed by atoms with Gasteiger partial charge in [-0.25, -0.2) is 8.78 Å². The van der Waals surface area contributed by atoms with Gasteiger partial charge in [0.05, 0.1) is 13.7 Å². The van der Waals surface area contributed by atoms with Crippen LogP contribution in [0.5, 0.6) is 5.75 Å². The number of aliphatic hydroxyl groups excluding tert-OH is 1. The highest BCUT2D eigenvalue weighted by Gasteiger charge is 2.29. The van der Waals surface area contributed by atoms with E-state index in [1.165, 1.54) is 7.11 Å². The number of rotatable bonds is 4. The Labute approximate surface area is 88.6 Å². The lowest BCUT2D eigenvalue weighted by atomic mass is 10.1. The summed E-state index contributed by atoms with van der Waals surface area (Å²) in [6.45, 7) is -0.786. The summed E-state index contributed by atoms with van der Waals surface area (Å²) < 4.78 is 30.0. The van der Waals surface area contributed by atoms with Crippen LogP contribution >= 0.6 is 0 Å². The van der Waals surface area contributed by atoms with Gasteiger partial charge < -0.3 is 20.0 Å². The molecule has 0 aromatic carbocycles.